The highest BCUT2D eigenvalue weighted by molar-refractivity contribution is 6.03. The van der Waals surface area contributed by atoms with Crippen molar-refractivity contribution < 1.29 is 13.9 Å². The lowest BCUT2D eigenvalue weighted by Gasteiger charge is -2.31. The van der Waals surface area contributed by atoms with Crippen LogP contribution in [0.2, 0.25) is 0 Å². The third-order valence-electron chi connectivity index (χ3n) is 3.27. The molecule has 4 heteroatoms. The maximum atomic E-state index is 13.4. The summed E-state index contributed by atoms with van der Waals surface area (Å²) in [5, 5.41) is 0. The van der Waals surface area contributed by atoms with Gasteiger partial charge in [-0.3, -0.25) is 4.79 Å². The predicted octanol–water partition coefficient (Wildman–Crippen LogP) is 1.82. The number of hydrogen-bond donors (Lipinski definition) is 1. The molecule has 1 aromatic carbocycles. The van der Waals surface area contributed by atoms with Crippen LogP contribution in [0.3, 0.4) is 0 Å². The van der Waals surface area contributed by atoms with E-state index in [1.165, 1.54) is 6.07 Å². The maximum absolute atomic E-state index is 13.4. The minimum absolute atomic E-state index is 0.195. The molecule has 0 radical (unpaired) electrons. The highest BCUT2D eigenvalue weighted by Crippen LogP contribution is 2.23. The fourth-order valence-corrected chi connectivity index (χ4v) is 1.98. The van der Waals surface area contributed by atoms with Crippen LogP contribution in [0, 0.1) is 12.7 Å². The van der Waals surface area contributed by atoms with Gasteiger partial charge in [-0.05, 0) is 31.4 Å². The highest BCUT2D eigenvalue weighted by atomic mass is 19.1. The van der Waals surface area contributed by atoms with Crippen LogP contribution in [-0.4, -0.2) is 24.5 Å². The monoisotopic (exact) mass is 237 g/mol. The molecule has 0 aliphatic carbocycles. The molecule has 1 aliphatic heterocycles. The van der Waals surface area contributed by atoms with Gasteiger partial charge in [0.05, 0.1) is 5.54 Å². The molecular weight excluding hydrogens is 221 g/mol. The predicted molar refractivity (Wildman–Crippen MR) is 62.4 cm³/mol. The van der Waals surface area contributed by atoms with Crippen molar-refractivity contribution in [2.24, 2.45) is 5.73 Å². The first-order valence-electron chi connectivity index (χ1n) is 5.70. The Hall–Kier alpha value is -1.26. The minimum Gasteiger partial charge on any atom is -0.381 e. The Labute approximate surface area is 99.8 Å². The Morgan fingerprint density at radius 3 is 2.65 bits per heavy atom. The average molecular weight is 237 g/mol. The van der Waals surface area contributed by atoms with Gasteiger partial charge in [-0.1, -0.05) is 12.1 Å². The average Bonchev–Trinajstić information content (AvgIpc) is 2.33. The SMILES string of the molecule is Cc1ccc(C(=O)C2(N)CCOCC2)cc1F. The number of rotatable bonds is 2. The molecule has 92 valence electrons. The Morgan fingerprint density at radius 1 is 1.41 bits per heavy atom. The van der Waals surface area contributed by atoms with Crippen molar-refractivity contribution in [1.82, 2.24) is 0 Å². The molecule has 2 N–H and O–H groups in total. The molecule has 2 rings (SSSR count). The first-order chi connectivity index (χ1) is 8.03. The molecular formula is C13H16FNO2. The van der Waals surface area contributed by atoms with Gasteiger partial charge < -0.3 is 10.5 Å². The van der Waals surface area contributed by atoms with Gasteiger partial charge in [-0.2, -0.15) is 0 Å². The second-order valence-electron chi connectivity index (χ2n) is 4.56. The number of halogens is 1. The minimum atomic E-state index is -0.903. The number of hydrogen-bond acceptors (Lipinski definition) is 3. The number of benzene rings is 1. The number of aryl methyl sites for hydroxylation is 1. The van der Waals surface area contributed by atoms with Crippen molar-refractivity contribution in [3.63, 3.8) is 0 Å². The summed E-state index contributed by atoms with van der Waals surface area (Å²) in [5.41, 5.74) is 6.04. The van der Waals surface area contributed by atoms with Gasteiger partial charge in [0.25, 0.3) is 0 Å². The van der Waals surface area contributed by atoms with E-state index < -0.39 is 5.54 Å². The topological polar surface area (TPSA) is 52.3 Å². The summed E-state index contributed by atoms with van der Waals surface area (Å²) < 4.78 is 18.6. The first-order valence-corrected chi connectivity index (χ1v) is 5.70. The molecule has 1 saturated heterocycles. The van der Waals surface area contributed by atoms with Gasteiger partial charge in [-0.25, -0.2) is 4.39 Å². The summed E-state index contributed by atoms with van der Waals surface area (Å²) >= 11 is 0. The van der Waals surface area contributed by atoms with Crippen LogP contribution >= 0.6 is 0 Å². The van der Waals surface area contributed by atoms with Crippen LogP contribution in [0.4, 0.5) is 4.39 Å². The lowest BCUT2D eigenvalue weighted by molar-refractivity contribution is 0.0447. The summed E-state index contributed by atoms with van der Waals surface area (Å²) in [6.07, 6.45) is 0.975. The van der Waals surface area contributed by atoms with Crippen LogP contribution in [0.1, 0.15) is 28.8 Å². The number of ether oxygens (including phenoxy) is 1. The summed E-state index contributed by atoms with van der Waals surface area (Å²) in [6, 6.07) is 4.50. The second kappa shape index (κ2) is 4.55. The van der Waals surface area contributed by atoms with Gasteiger partial charge in [0, 0.05) is 18.8 Å². The van der Waals surface area contributed by atoms with Crippen LogP contribution in [0.15, 0.2) is 18.2 Å². The molecule has 0 saturated carbocycles. The maximum Gasteiger partial charge on any atom is 0.182 e. The van der Waals surface area contributed by atoms with E-state index in [9.17, 15) is 9.18 Å². The van der Waals surface area contributed by atoms with Gasteiger partial charge >= 0.3 is 0 Å². The number of ketones is 1. The lowest BCUT2D eigenvalue weighted by atomic mass is 9.83. The van der Waals surface area contributed by atoms with E-state index in [0.29, 0.717) is 37.2 Å². The van der Waals surface area contributed by atoms with Crippen molar-refractivity contribution >= 4 is 5.78 Å². The molecule has 0 spiro atoms. The third kappa shape index (κ3) is 2.37. The van der Waals surface area contributed by atoms with Crippen LogP contribution < -0.4 is 5.73 Å². The highest BCUT2D eigenvalue weighted by Gasteiger charge is 2.36. The zero-order valence-electron chi connectivity index (χ0n) is 9.83. The Balaban J connectivity index is 2.26. The molecule has 0 bridgehead atoms. The van der Waals surface area contributed by atoms with E-state index in [1.807, 2.05) is 0 Å². The molecule has 0 aromatic heterocycles. The molecule has 1 aromatic rings. The Morgan fingerprint density at radius 2 is 2.06 bits per heavy atom. The smallest absolute Gasteiger partial charge is 0.182 e. The molecule has 0 unspecified atom stereocenters. The molecule has 1 fully saturated rings. The third-order valence-corrected chi connectivity index (χ3v) is 3.27. The number of Topliss-reactive ketones (excluding diaryl/α,β-unsaturated/α-hetero) is 1. The summed E-state index contributed by atoms with van der Waals surface area (Å²) in [7, 11) is 0. The second-order valence-corrected chi connectivity index (χ2v) is 4.56. The van der Waals surface area contributed by atoms with Crippen molar-refractivity contribution in [3.8, 4) is 0 Å². The fourth-order valence-electron chi connectivity index (χ4n) is 1.98. The van der Waals surface area contributed by atoms with E-state index in [2.05, 4.69) is 0 Å². The van der Waals surface area contributed by atoms with Gasteiger partial charge in [0.15, 0.2) is 5.78 Å². The van der Waals surface area contributed by atoms with Crippen molar-refractivity contribution in [3.05, 3.63) is 35.1 Å². The molecule has 1 aliphatic rings. The summed E-state index contributed by atoms with van der Waals surface area (Å²) in [4.78, 5) is 12.2. The van der Waals surface area contributed by atoms with Crippen LogP contribution in [0.5, 0.6) is 0 Å². The zero-order valence-corrected chi connectivity index (χ0v) is 9.83. The zero-order chi connectivity index (χ0) is 12.5. The Bertz CT molecular complexity index is 439. The quantitative estimate of drug-likeness (QED) is 0.798. The molecule has 17 heavy (non-hydrogen) atoms. The van der Waals surface area contributed by atoms with Gasteiger partial charge in [0.1, 0.15) is 5.82 Å². The van der Waals surface area contributed by atoms with E-state index in [1.54, 1.807) is 19.1 Å². The molecule has 0 amide bonds. The van der Waals surface area contributed by atoms with Crippen molar-refractivity contribution in [2.45, 2.75) is 25.3 Å². The largest absolute Gasteiger partial charge is 0.381 e. The van der Waals surface area contributed by atoms with Crippen molar-refractivity contribution in [1.29, 1.82) is 0 Å². The van der Waals surface area contributed by atoms with Gasteiger partial charge in [0.2, 0.25) is 0 Å². The van der Waals surface area contributed by atoms with Crippen molar-refractivity contribution in [2.75, 3.05) is 13.2 Å². The number of carbonyl (C=O) groups excluding carboxylic acids is 1. The standard InChI is InChI=1S/C13H16FNO2/c1-9-2-3-10(8-11(9)14)12(16)13(15)4-6-17-7-5-13/h2-3,8H,4-7,15H2,1H3. The van der Waals surface area contributed by atoms with E-state index in [4.69, 9.17) is 10.5 Å². The van der Waals surface area contributed by atoms with E-state index >= 15 is 0 Å². The summed E-state index contributed by atoms with van der Waals surface area (Å²) in [6.45, 7) is 2.63. The molecule has 0 atom stereocenters. The number of nitrogens with two attached hydrogens (primary N) is 1. The van der Waals surface area contributed by atoms with Crippen LogP contribution in [-0.2, 0) is 4.74 Å². The fraction of sp³-hybridized carbons (Fsp3) is 0.462. The Kier molecular flexibility index (Phi) is 3.26. The number of carbonyl (C=O) groups is 1. The lowest BCUT2D eigenvalue weighted by Crippen LogP contribution is -2.51. The molecule has 1 heterocycles. The van der Waals surface area contributed by atoms with Crippen LogP contribution in [0.25, 0.3) is 0 Å². The van der Waals surface area contributed by atoms with Gasteiger partial charge in [-0.15, -0.1) is 0 Å². The van der Waals surface area contributed by atoms with E-state index in [0.717, 1.165) is 0 Å². The molecule has 3 nitrogen and oxygen atoms in total. The first kappa shape index (κ1) is 12.2. The summed E-state index contributed by atoms with van der Waals surface area (Å²) in [5.74, 6) is -0.564. The van der Waals surface area contributed by atoms with E-state index in [-0.39, 0.29) is 11.6 Å². The normalized spacial score (nSPS) is 19.0.